The largest absolute Gasteiger partial charge is 0.307 e. The summed E-state index contributed by atoms with van der Waals surface area (Å²) in [7, 11) is 3.86. The van der Waals surface area contributed by atoms with Crippen molar-refractivity contribution in [2.45, 2.75) is 19.0 Å². The van der Waals surface area contributed by atoms with Crippen LogP contribution in [0.2, 0.25) is 0 Å². The number of amides is 1. The summed E-state index contributed by atoms with van der Waals surface area (Å²) in [5.41, 5.74) is 0.628. The van der Waals surface area contributed by atoms with Gasteiger partial charge in [-0.05, 0) is 39.2 Å². The molecular formula is C14H20FN3O. The summed E-state index contributed by atoms with van der Waals surface area (Å²) < 4.78 is 13.3. The Morgan fingerprint density at radius 2 is 2.21 bits per heavy atom. The predicted molar refractivity (Wildman–Crippen MR) is 73.7 cm³/mol. The van der Waals surface area contributed by atoms with Crippen LogP contribution >= 0.6 is 0 Å². The van der Waals surface area contributed by atoms with Gasteiger partial charge >= 0.3 is 0 Å². The number of nitrogens with zero attached hydrogens (tertiary/aromatic N) is 2. The van der Waals surface area contributed by atoms with Gasteiger partial charge in [-0.3, -0.25) is 4.79 Å². The van der Waals surface area contributed by atoms with Gasteiger partial charge in [0.1, 0.15) is 11.9 Å². The van der Waals surface area contributed by atoms with E-state index >= 15 is 0 Å². The lowest BCUT2D eigenvalue weighted by molar-refractivity contribution is -0.122. The highest BCUT2D eigenvalue weighted by Gasteiger charge is 2.33. The SMILES string of the molecule is CC1CNC(CN(C)C)C(=O)N1c1cccc(F)c1. The summed E-state index contributed by atoms with van der Waals surface area (Å²) >= 11 is 0. The zero-order chi connectivity index (χ0) is 14.0. The number of nitrogens with one attached hydrogen (secondary N) is 1. The predicted octanol–water partition coefficient (Wildman–Crippen LogP) is 1.08. The lowest BCUT2D eigenvalue weighted by atomic mass is 10.1. The molecule has 2 atom stereocenters. The van der Waals surface area contributed by atoms with Gasteiger partial charge in [0.2, 0.25) is 5.91 Å². The van der Waals surface area contributed by atoms with Crippen molar-refractivity contribution in [1.82, 2.24) is 10.2 Å². The summed E-state index contributed by atoms with van der Waals surface area (Å²) in [5.74, 6) is -0.321. The Morgan fingerprint density at radius 1 is 1.47 bits per heavy atom. The monoisotopic (exact) mass is 265 g/mol. The maximum absolute atomic E-state index is 13.3. The van der Waals surface area contributed by atoms with Gasteiger partial charge in [0.15, 0.2) is 0 Å². The second-order valence-electron chi connectivity index (χ2n) is 5.26. The normalized spacial score (nSPS) is 24.1. The molecule has 1 aliphatic rings. The number of hydrogen-bond acceptors (Lipinski definition) is 3. The van der Waals surface area contributed by atoms with Gasteiger partial charge in [-0.25, -0.2) is 4.39 Å². The summed E-state index contributed by atoms with van der Waals surface area (Å²) in [4.78, 5) is 16.2. The third kappa shape index (κ3) is 3.11. The first-order valence-corrected chi connectivity index (χ1v) is 6.46. The van der Waals surface area contributed by atoms with Crippen LogP contribution in [-0.2, 0) is 4.79 Å². The molecule has 1 aliphatic heterocycles. The fourth-order valence-corrected chi connectivity index (χ4v) is 2.39. The highest BCUT2D eigenvalue weighted by atomic mass is 19.1. The molecule has 104 valence electrons. The number of carbonyl (C=O) groups is 1. The molecule has 1 fully saturated rings. The van der Waals surface area contributed by atoms with E-state index in [1.54, 1.807) is 17.0 Å². The molecule has 1 heterocycles. The molecule has 2 rings (SSSR count). The molecule has 1 amide bonds. The van der Waals surface area contributed by atoms with Crippen molar-refractivity contribution in [3.63, 3.8) is 0 Å². The topological polar surface area (TPSA) is 35.6 Å². The molecular weight excluding hydrogens is 245 g/mol. The van der Waals surface area contributed by atoms with Crippen molar-refractivity contribution in [2.24, 2.45) is 0 Å². The quantitative estimate of drug-likeness (QED) is 0.888. The molecule has 1 aromatic rings. The first kappa shape index (κ1) is 14.0. The molecule has 0 aliphatic carbocycles. The van der Waals surface area contributed by atoms with Crippen LogP contribution < -0.4 is 10.2 Å². The highest BCUT2D eigenvalue weighted by molar-refractivity contribution is 5.98. The second-order valence-corrected chi connectivity index (χ2v) is 5.26. The number of piperazine rings is 1. The molecule has 0 spiro atoms. The highest BCUT2D eigenvalue weighted by Crippen LogP contribution is 2.21. The summed E-state index contributed by atoms with van der Waals surface area (Å²) in [6.45, 7) is 3.31. The van der Waals surface area contributed by atoms with E-state index in [2.05, 4.69) is 5.32 Å². The first-order valence-electron chi connectivity index (χ1n) is 6.46. The molecule has 4 nitrogen and oxygen atoms in total. The van der Waals surface area contributed by atoms with Crippen molar-refractivity contribution >= 4 is 11.6 Å². The van der Waals surface area contributed by atoms with Gasteiger partial charge in [0.25, 0.3) is 0 Å². The zero-order valence-corrected chi connectivity index (χ0v) is 11.6. The second kappa shape index (κ2) is 5.67. The maximum atomic E-state index is 13.3. The lowest BCUT2D eigenvalue weighted by Crippen LogP contribution is -2.62. The van der Waals surface area contributed by atoms with Gasteiger partial charge in [-0.2, -0.15) is 0 Å². The minimum Gasteiger partial charge on any atom is -0.307 e. The minimum atomic E-state index is -0.319. The Kier molecular flexibility index (Phi) is 4.17. The third-order valence-corrected chi connectivity index (χ3v) is 3.27. The van der Waals surface area contributed by atoms with Gasteiger partial charge in [-0.1, -0.05) is 6.07 Å². The van der Waals surface area contributed by atoms with E-state index in [9.17, 15) is 9.18 Å². The summed E-state index contributed by atoms with van der Waals surface area (Å²) in [5, 5.41) is 3.24. The van der Waals surface area contributed by atoms with Crippen molar-refractivity contribution in [3.05, 3.63) is 30.1 Å². The number of carbonyl (C=O) groups excluding carboxylic acids is 1. The molecule has 0 bridgehead atoms. The van der Waals surface area contributed by atoms with Crippen molar-refractivity contribution in [3.8, 4) is 0 Å². The van der Waals surface area contributed by atoms with Gasteiger partial charge in [0, 0.05) is 24.8 Å². The standard InChI is InChI=1S/C14H20FN3O/c1-10-8-16-13(9-17(2)3)14(19)18(10)12-6-4-5-11(15)7-12/h4-7,10,13,16H,8-9H2,1-3H3. The van der Waals surface area contributed by atoms with E-state index in [0.29, 0.717) is 18.8 Å². The first-order chi connectivity index (χ1) is 8.99. The molecule has 1 saturated heterocycles. The van der Waals surface area contributed by atoms with Crippen molar-refractivity contribution < 1.29 is 9.18 Å². The van der Waals surface area contributed by atoms with Crippen LogP contribution in [0.4, 0.5) is 10.1 Å². The van der Waals surface area contributed by atoms with Crippen LogP contribution in [0.3, 0.4) is 0 Å². The van der Waals surface area contributed by atoms with E-state index in [1.165, 1.54) is 12.1 Å². The molecule has 5 heteroatoms. The van der Waals surface area contributed by atoms with Crippen molar-refractivity contribution in [2.75, 3.05) is 32.1 Å². The fraction of sp³-hybridized carbons (Fsp3) is 0.500. The number of likely N-dealkylation sites (N-methyl/N-ethyl adjacent to an activating group) is 1. The fourth-order valence-electron chi connectivity index (χ4n) is 2.39. The van der Waals surface area contributed by atoms with Crippen LogP contribution in [0.15, 0.2) is 24.3 Å². The zero-order valence-electron chi connectivity index (χ0n) is 11.6. The van der Waals surface area contributed by atoms with E-state index in [4.69, 9.17) is 0 Å². The molecule has 1 aromatic carbocycles. The molecule has 0 aromatic heterocycles. The molecule has 0 saturated carbocycles. The number of hydrogen-bond donors (Lipinski definition) is 1. The minimum absolute atomic E-state index is 0.00181. The van der Waals surface area contributed by atoms with Crippen molar-refractivity contribution in [1.29, 1.82) is 0 Å². The van der Waals surface area contributed by atoms with Crippen LogP contribution in [0, 0.1) is 5.82 Å². The Morgan fingerprint density at radius 3 is 2.84 bits per heavy atom. The number of benzene rings is 1. The van der Waals surface area contributed by atoms with Crippen LogP contribution in [0.5, 0.6) is 0 Å². The summed E-state index contributed by atoms with van der Waals surface area (Å²) in [6, 6.07) is 5.98. The van der Waals surface area contributed by atoms with Gasteiger partial charge < -0.3 is 15.1 Å². The maximum Gasteiger partial charge on any atom is 0.245 e. The van der Waals surface area contributed by atoms with E-state index in [1.807, 2.05) is 25.9 Å². The summed E-state index contributed by atoms with van der Waals surface area (Å²) in [6.07, 6.45) is 0. The van der Waals surface area contributed by atoms with E-state index in [-0.39, 0.29) is 23.8 Å². The smallest absolute Gasteiger partial charge is 0.245 e. The number of rotatable bonds is 3. The van der Waals surface area contributed by atoms with Gasteiger partial charge in [-0.15, -0.1) is 0 Å². The molecule has 19 heavy (non-hydrogen) atoms. The van der Waals surface area contributed by atoms with Crippen LogP contribution in [0.25, 0.3) is 0 Å². The Balaban J connectivity index is 2.24. The lowest BCUT2D eigenvalue weighted by Gasteiger charge is -2.39. The molecule has 0 radical (unpaired) electrons. The Bertz CT molecular complexity index is 464. The molecule has 2 unspecified atom stereocenters. The van der Waals surface area contributed by atoms with Crippen LogP contribution in [0.1, 0.15) is 6.92 Å². The Hall–Kier alpha value is -1.46. The third-order valence-electron chi connectivity index (χ3n) is 3.27. The average Bonchev–Trinajstić information content (AvgIpc) is 2.33. The van der Waals surface area contributed by atoms with Crippen LogP contribution in [-0.4, -0.2) is 50.1 Å². The van der Waals surface area contributed by atoms with E-state index in [0.717, 1.165) is 0 Å². The average molecular weight is 265 g/mol. The van der Waals surface area contributed by atoms with E-state index < -0.39 is 0 Å². The number of halogens is 1. The molecule has 1 N–H and O–H groups in total. The van der Waals surface area contributed by atoms with Gasteiger partial charge in [0.05, 0.1) is 0 Å². The Labute approximate surface area is 113 Å². The number of anilines is 1.